The van der Waals surface area contributed by atoms with Gasteiger partial charge in [0.15, 0.2) is 0 Å². The Morgan fingerprint density at radius 1 is 1.23 bits per heavy atom. The molecule has 0 unspecified atom stereocenters. The van der Waals surface area contributed by atoms with Crippen LogP contribution in [-0.4, -0.2) is 6.54 Å². The lowest BCUT2D eigenvalue weighted by atomic mass is 10.1. The molecule has 1 heterocycles. The van der Waals surface area contributed by atoms with Crippen LogP contribution in [0.2, 0.25) is 0 Å². The number of dihydropyridines is 1. The van der Waals surface area contributed by atoms with Crippen LogP contribution < -0.4 is 5.32 Å². The molecule has 0 aliphatic carbocycles. The quantitative estimate of drug-likeness (QED) is 0.616. The van der Waals surface area contributed by atoms with E-state index in [2.05, 4.69) is 30.5 Å². The number of unbranched alkanes of at least 4 members (excludes halogenated alkanes) is 4. The van der Waals surface area contributed by atoms with Crippen molar-refractivity contribution in [2.45, 2.75) is 45.4 Å². The summed E-state index contributed by atoms with van der Waals surface area (Å²) in [7, 11) is 0. The molecule has 0 atom stereocenters. The van der Waals surface area contributed by atoms with Crippen molar-refractivity contribution in [1.29, 1.82) is 0 Å². The summed E-state index contributed by atoms with van der Waals surface area (Å²) in [5, 5.41) is 3.38. The van der Waals surface area contributed by atoms with Crippen LogP contribution in [0.4, 0.5) is 0 Å². The lowest BCUT2D eigenvalue weighted by Gasteiger charge is -2.11. The van der Waals surface area contributed by atoms with E-state index in [1.165, 1.54) is 44.2 Å². The van der Waals surface area contributed by atoms with Gasteiger partial charge < -0.3 is 5.32 Å². The first kappa shape index (κ1) is 10.4. The normalized spacial score (nSPS) is 15.3. The minimum atomic E-state index is 1.01. The molecule has 1 heteroatoms. The van der Waals surface area contributed by atoms with E-state index in [1.54, 1.807) is 0 Å². The predicted molar refractivity (Wildman–Crippen MR) is 58.6 cm³/mol. The van der Waals surface area contributed by atoms with Gasteiger partial charge in [0, 0.05) is 12.2 Å². The summed E-state index contributed by atoms with van der Waals surface area (Å²) in [6.45, 7) is 3.27. The molecule has 1 aliphatic heterocycles. The highest BCUT2D eigenvalue weighted by Crippen LogP contribution is 2.10. The first-order valence-corrected chi connectivity index (χ1v) is 5.53. The van der Waals surface area contributed by atoms with Crippen LogP contribution >= 0.6 is 0 Å². The smallest absolute Gasteiger partial charge is 0.0330 e. The molecule has 0 bridgehead atoms. The van der Waals surface area contributed by atoms with Crippen molar-refractivity contribution >= 4 is 0 Å². The highest BCUT2D eigenvalue weighted by atomic mass is 14.9. The van der Waals surface area contributed by atoms with E-state index in [-0.39, 0.29) is 0 Å². The molecule has 1 nitrogen and oxygen atoms in total. The Kier molecular flexibility index (Phi) is 5.39. The van der Waals surface area contributed by atoms with Gasteiger partial charge in [-0.05, 0) is 18.9 Å². The van der Waals surface area contributed by atoms with E-state index in [0.717, 1.165) is 6.54 Å². The zero-order valence-electron chi connectivity index (χ0n) is 8.68. The minimum Gasteiger partial charge on any atom is -0.385 e. The van der Waals surface area contributed by atoms with Gasteiger partial charge in [-0.25, -0.2) is 0 Å². The third-order valence-corrected chi connectivity index (χ3v) is 2.43. The van der Waals surface area contributed by atoms with Crippen molar-refractivity contribution in [2.75, 3.05) is 6.54 Å². The van der Waals surface area contributed by atoms with Gasteiger partial charge in [0.2, 0.25) is 0 Å². The molecule has 0 saturated heterocycles. The number of hydrogen-bond donors (Lipinski definition) is 1. The minimum absolute atomic E-state index is 1.01. The second kappa shape index (κ2) is 6.76. The Balaban J connectivity index is 1.99. The SMILES string of the molecule is CCCCCCCC1=CC=CCN1. The first-order chi connectivity index (χ1) is 6.43. The van der Waals surface area contributed by atoms with E-state index in [4.69, 9.17) is 0 Å². The van der Waals surface area contributed by atoms with Crippen molar-refractivity contribution in [1.82, 2.24) is 5.32 Å². The lowest BCUT2D eigenvalue weighted by molar-refractivity contribution is 0.617. The molecule has 1 rings (SSSR count). The van der Waals surface area contributed by atoms with Crippen molar-refractivity contribution < 1.29 is 0 Å². The van der Waals surface area contributed by atoms with E-state index >= 15 is 0 Å². The number of allylic oxidation sites excluding steroid dienone is 3. The summed E-state index contributed by atoms with van der Waals surface area (Å²) < 4.78 is 0. The molecular formula is C12H21N. The fourth-order valence-corrected chi connectivity index (χ4v) is 1.59. The summed E-state index contributed by atoms with van der Waals surface area (Å²) in [5.41, 5.74) is 1.42. The van der Waals surface area contributed by atoms with Crippen molar-refractivity contribution in [3.05, 3.63) is 23.9 Å². The van der Waals surface area contributed by atoms with Crippen molar-refractivity contribution in [3.8, 4) is 0 Å². The summed E-state index contributed by atoms with van der Waals surface area (Å²) >= 11 is 0. The van der Waals surface area contributed by atoms with E-state index in [9.17, 15) is 0 Å². The predicted octanol–water partition coefficient (Wildman–Crippen LogP) is 3.39. The molecule has 0 amide bonds. The van der Waals surface area contributed by atoms with Crippen molar-refractivity contribution in [3.63, 3.8) is 0 Å². The van der Waals surface area contributed by atoms with Crippen LogP contribution in [0.3, 0.4) is 0 Å². The van der Waals surface area contributed by atoms with E-state index in [1.807, 2.05) is 0 Å². The van der Waals surface area contributed by atoms with Crippen LogP contribution in [0.1, 0.15) is 45.4 Å². The molecule has 13 heavy (non-hydrogen) atoms. The Labute approximate surface area is 81.9 Å². The molecule has 0 fully saturated rings. The average Bonchev–Trinajstić information content (AvgIpc) is 2.19. The fourth-order valence-electron chi connectivity index (χ4n) is 1.59. The molecule has 0 aromatic rings. The van der Waals surface area contributed by atoms with Gasteiger partial charge >= 0.3 is 0 Å². The van der Waals surface area contributed by atoms with E-state index < -0.39 is 0 Å². The molecular weight excluding hydrogens is 158 g/mol. The largest absolute Gasteiger partial charge is 0.385 e. The number of hydrogen-bond acceptors (Lipinski definition) is 1. The zero-order chi connectivity index (χ0) is 9.36. The monoisotopic (exact) mass is 179 g/mol. The second-order valence-corrected chi connectivity index (χ2v) is 3.67. The lowest BCUT2D eigenvalue weighted by Crippen LogP contribution is -2.15. The van der Waals surface area contributed by atoms with Crippen LogP contribution in [0.15, 0.2) is 23.9 Å². The summed E-state index contributed by atoms with van der Waals surface area (Å²) in [6, 6.07) is 0. The molecule has 0 aromatic carbocycles. The number of rotatable bonds is 6. The molecule has 0 spiro atoms. The Morgan fingerprint density at radius 2 is 2.08 bits per heavy atom. The first-order valence-electron chi connectivity index (χ1n) is 5.53. The van der Waals surface area contributed by atoms with Crippen LogP contribution in [0, 0.1) is 0 Å². The molecule has 1 aliphatic rings. The highest BCUT2D eigenvalue weighted by molar-refractivity contribution is 5.16. The van der Waals surface area contributed by atoms with Gasteiger partial charge in [0.05, 0.1) is 0 Å². The van der Waals surface area contributed by atoms with Crippen LogP contribution in [0.25, 0.3) is 0 Å². The molecule has 0 radical (unpaired) electrons. The van der Waals surface area contributed by atoms with Crippen LogP contribution in [0.5, 0.6) is 0 Å². The van der Waals surface area contributed by atoms with E-state index in [0.29, 0.717) is 0 Å². The zero-order valence-corrected chi connectivity index (χ0v) is 8.68. The maximum atomic E-state index is 3.38. The van der Waals surface area contributed by atoms with Crippen molar-refractivity contribution in [2.24, 2.45) is 0 Å². The Morgan fingerprint density at radius 3 is 2.77 bits per heavy atom. The standard InChI is InChI=1S/C12H21N/c1-2-3-4-5-6-9-12-10-7-8-11-13-12/h7-8,10,13H,2-6,9,11H2,1H3. The Hall–Kier alpha value is -0.720. The topological polar surface area (TPSA) is 12.0 Å². The average molecular weight is 179 g/mol. The third kappa shape index (κ3) is 4.76. The fraction of sp³-hybridized carbons (Fsp3) is 0.667. The number of nitrogens with one attached hydrogen (secondary N) is 1. The summed E-state index contributed by atoms with van der Waals surface area (Å²) in [6.07, 6.45) is 14.6. The van der Waals surface area contributed by atoms with Gasteiger partial charge in [-0.2, -0.15) is 0 Å². The van der Waals surface area contributed by atoms with Gasteiger partial charge in [-0.15, -0.1) is 0 Å². The molecule has 0 saturated carbocycles. The molecule has 0 aromatic heterocycles. The third-order valence-electron chi connectivity index (χ3n) is 2.43. The van der Waals surface area contributed by atoms with Gasteiger partial charge in [0.1, 0.15) is 0 Å². The van der Waals surface area contributed by atoms with Gasteiger partial charge in [0.25, 0.3) is 0 Å². The van der Waals surface area contributed by atoms with Gasteiger partial charge in [-0.1, -0.05) is 44.8 Å². The maximum absolute atomic E-state index is 3.38. The summed E-state index contributed by atoms with van der Waals surface area (Å²) in [5.74, 6) is 0. The summed E-state index contributed by atoms with van der Waals surface area (Å²) in [4.78, 5) is 0. The van der Waals surface area contributed by atoms with Crippen LogP contribution in [-0.2, 0) is 0 Å². The van der Waals surface area contributed by atoms with Gasteiger partial charge in [-0.3, -0.25) is 0 Å². The highest BCUT2D eigenvalue weighted by Gasteiger charge is 1.97. The Bertz CT molecular complexity index is 180. The second-order valence-electron chi connectivity index (χ2n) is 3.67. The maximum Gasteiger partial charge on any atom is 0.0330 e. The molecule has 1 N–H and O–H groups in total. The molecule has 74 valence electrons.